The maximum atomic E-state index is 12.1. The van der Waals surface area contributed by atoms with Crippen molar-refractivity contribution < 1.29 is 19.8 Å². The highest BCUT2D eigenvalue weighted by Gasteiger charge is 2.61. The van der Waals surface area contributed by atoms with Crippen molar-refractivity contribution in [1.29, 1.82) is 0 Å². The molecule has 4 nitrogen and oxygen atoms in total. The fourth-order valence-corrected chi connectivity index (χ4v) is 5.43. The highest BCUT2D eigenvalue weighted by atomic mass is 16.4. The molecule has 0 heterocycles. The van der Waals surface area contributed by atoms with Crippen LogP contribution < -0.4 is 0 Å². The fourth-order valence-electron chi connectivity index (χ4n) is 5.43. The van der Waals surface area contributed by atoms with Crippen molar-refractivity contribution in [3.8, 4) is 0 Å². The molecule has 2 fully saturated rings. The largest absolute Gasteiger partial charge is 0.480 e. The lowest BCUT2D eigenvalue weighted by Gasteiger charge is -2.51. The van der Waals surface area contributed by atoms with Gasteiger partial charge in [-0.2, -0.15) is 0 Å². The summed E-state index contributed by atoms with van der Waals surface area (Å²) in [5, 5.41) is 19.8. The summed E-state index contributed by atoms with van der Waals surface area (Å²) in [6, 6.07) is 0. The molecule has 0 bridgehead atoms. The predicted molar refractivity (Wildman–Crippen MR) is 84.6 cm³/mol. The predicted octanol–water partition coefficient (Wildman–Crippen LogP) is 4.18. The van der Waals surface area contributed by atoms with Crippen LogP contribution in [0.25, 0.3) is 0 Å². The number of carbonyl (C=O) groups is 2. The molecule has 0 aromatic heterocycles. The molecule has 4 heteroatoms. The molecule has 2 saturated carbocycles. The average Bonchev–Trinajstić information content (AvgIpc) is 2.46. The minimum absolute atomic E-state index is 0.177. The van der Waals surface area contributed by atoms with E-state index in [4.69, 9.17) is 0 Å². The van der Waals surface area contributed by atoms with E-state index < -0.39 is 17.4 Å². The Hall–Kier alpha value is -1.06. The third-order valence-corrected chi connectivity index (χ3v) is 6.10. The van der Waals surface area contributed by atoms with Crippen LogP contribution in [0.15, 0.2) is 0 Å². The fraction of sp³-hybridized carbons (Fsp3) is 0.889. The molecule has 0 radical (unpaired) electrons. The zero-order chi connectivity index (χ0) is 16.3. The second kappa shape index (κ2) is 7.01. The third-order valence-electron chi connectivity index (χ3n) is 6.10. The van der Waals surface area contributed by atoms with Gasteiger partial charge in [0.05, 0.1) is 0 Å². The van der Waals surface area contributed by atoms with E-state index in [0.29, 0.717) is 6.42 Å². The molecule has 2 aliphatic rings. The molecule has 0 aliphatic heterocycles. The second-order valence-electron chi connectivity index (χ2n) is 7.44. The smallest absolute Gasteiger partial charge is 0.321 e. The van der Waals surface area contributed by atoms with Crippen LogP contribution >= 0.6 is 0 Å². The van der Waals surface area contributed by atoms with Gasteiger partial charge >= 0.3 is 11.9 Å². The van der Waals surface area contributed by atoms with Gasteiger partial charge in [0.2, 0.25) is 0 Å². The van der Waals surface area contributed by atoms with Crippen molar-refractivity contribution in [3.05, 3.63) is 0 Å². The summed E-state index contributed by atoms with van der Waals surface area (Å²) < 4.78 is 0. The molecule has 0 spiro atoms. The molecule has 0 amide bonds. The minimum atomic E-state index is -1.55. The first-order valence-electron chi connectivity index (χ1n) is 8.94. The van der Waals surface area contributed by atoms with Gasteiger partial charge in [-0.15, -0.1) is 0 Å². The van der Waals surface area contributed by atoms with Gasteiger partial charge in [-0.3, -0.25) is 9.59 Å². The maximum Gasteiger partial charge on any atom is 0.321 e. The summed E-state index contributed by atoms with van der Waals surface area (Å²) in [5.74, 6) is -1.58. The van der Waals surface area contributed by atoms with E-state index in [1.54, 1.807) is 0 Å². The van der Waals surface area contributed by atoms with Gasteiger partial charge < -0.3 is 10.2 Å². The average molecular weight is 310 g/mol. The Balaban J connectivity index is 2.41. The molecular weight excluding hydrogens is 280 g/mol. The van der Waals surface area contributed by atoms with Crippen LogP contribution in [0.4, 0.5) is 0 Å². The van der Waals surface area contributed by atoms with Crippen molar-refractivity contribution >= 4 is 11.9 Å². The van der Waals surface area contributed by atoms with Gasteiger partial charge in [0.25, 0.3) is 0 Å². The van der Waals surface area contributed by atoms with Crippen LogP contribution in [-0.2, 0) is 9.59 Å². The van der Waals surface area contributed by atoms with Crippen molar-refractivity contribution in [2.75, 3.05) is 0 Å². The van der Waals surface area contributed by atoms with Crippen LogP contribution in [0, 0.1) is 29.1 Å². The van der Waals surface area contributed by atoms with Gasteiger partial charge in [-0.25, -0.2) is 0 Å². The number of hydrogen-bond donors (Lipinski definition) is 2. The number of hydrogen-bond acceptors (Lipinski definition) is 2. The molecule has 0 saturated heterocycles. The number of fused-ring (bicyclic) bond motifs is 1. The number of carboxylic acids is 2. The number of aliphatic carboxylic acids is 2. The van der Waals surface area contributed by atoms with E-state index >= 15 is 0 Å². The molecule has 22 heavy (non-hydrogen) atoms. The quantitative estimate of drug-likeness (QED) is 0.721. The lowest BCUT2D eigenvalue weighted by molar-refractivity contribution is -0.183. The number of carboxylic acid groups (broad SMARTS) is 2. The summed E-state index contributed by atoms with van der Waals surface area (Å²) in [4.78, 5) is 24.2. The van der Waals surface area contributed by atoms with Crippen molar-refractivity contribution in [1.82, 2.24) is 0 Å². The Labute approximate surface area is 133 Å². The van der Waals surface area contributed by atoms with Crippen molar-refractivity contribution in [2.24, 2.45) is 29.1 Å². The first-order chi connectivity index (χ1) is 10.5. The van der Waals surface area contributed by atoms with E-state index in [1.807, 2.05) is 0 Å². The first kappa shape index (κ1) is 17.3. The molecule has 126 valence electrons. The highest BCUT2D eigenvalue weighted by molar-refractivity contribution is 5.98. The van der Waals surface area contributed by atoms with E-state index in [0.717, 1.165) is 51.4 Å². The summed E-state index contributed by atoms with van der Waals surface area (Å²) in [5.41, 5.74) is -1.55. The Morgan fingerprint density at radius 3 is 2.23 bits per heavy atom. The lowest BCUT2D eigenvalue weighted by Crippen LogP contribution is -2.56. The van der Waals surface area contributed by atoms with Crippen LogP contribution in [0.2, 0.25) is 0 Å². The molecule has 0 aromatic carbocycles. The van der Waals surface area contributed by atoms with E-state index in [2.05, 4.69) is 13.8 Å². The Morgan fingerprint density at radius 2 is 1.68 bits per heavy atom. The molecule has 2 aliphatic carbocycles. The molecular formula is C18H30O4. The van der Waals surface area contributed by atoms with Gasteiger partial charge in [0.1, 0.15) is 0 Å². The molecule has 4 atom stereocenters. The Bertz CT molecular complexity index is 401. The summed E-state index contributed by atoms with van der Waals surface area (Å²) in [6.45, 7) is 4.20. The Kier molecular flexibility index (Phi) is 5.51. The summed E-state index contributed by atoms with van der Waals surface area (Å²) in [7, 11) is 0. The monoisotopic (exact) mass is 310 g/mol. The number of rotatable bonds is 6. The van der Waals surface area contributed by atoms with Gasteiger partial charge in [-0.1, -0.05) is 58.8 Å². The molecule has 4 unspecified atom stereocenters. The van der Waals surface area contributed by atoms with Crippen LogP contribution in [0.3, 0.4) is 0 Å². The van der Waals surface area contributed by atoms with Crippen molar-refractivity contribution in [3.63, 3.8) is 0 Å². The lowest BCUT2D eigenvalue weighted by atomic mass is 9.50. The van der Waals surface area contributed by atoms with Gasteiger partial charge in [0, 0.05) is 0 Å². The van der Waals surface area contributed by atoms with E-state index in [-0.39, 0.29) is 23.7 Å². The zero-order valence-corrected chi connectivity index (χ0v) is 13.9. The highest BCUT2D eigenvalue weighted by Crippen LogP contribution is 2.57. The topological polar surface area (TPSA) is 74.6 Å². The molecule has 2 N–H and O–H groups in total. The summed E-state index contributed by atoms with van der Waals surface area (Å²) >= 11 is 0. The molecule has 2 rings (SSSR count). The van der Waals surface area contributed by atoms with Crippen LogP contribution in [0.1, 0.15) is 71.6 Å². The zero-order valence-electron chi connectivity index (χ0n) is 13.9. The first-order valence-corrected chi connectivity index (χ1v) is 8.94. The molecule has 0 aromatic rings. The van der Waals surface area contributed by atoms with Gasteiger partial charge in [-0.05, 0) is 36.5 Å². The Morgan fingerprint density at radius 1 is 1.05 bits per heavy atom. The SMILES string of the molecule is CCCC1CC2CCCC(CCC)C2C(C(=O)O)(C(=O)O)C1. The maximum absolute atomic E-state index is 12.1. The van der Waals surface area contributed by atoms with E-state index in [1.165, 1.54) is 0 Å². The van der Waals surface area contributed by atoms with E-state index in [9.17, 15) is 19.8 Å². The third kappa shape index (κ3) is 2.89. The van der Waals surface area contributed by atoms with Crippen molar-refractivity contribution in [2.45, 2.75) is 71.6 Å². The van der Waals surface area contributed by atoms with Crippen LogP contribution in [-0.4, -0.2) is 22.2 Å². The van der Waals surface area contributed by atoms with Crippen LogP contribution in [0.5, 0.6) is 0 Å². The van der Waals surface area contributed by atoms with Gasteiger partial charge in [0.15, 0.2) is 5.41 Å². The normalized spacial score (nSPS) is 33.9. The standard InChI is InChI=1S/C18H30O4/c1-3-6-12-10-14-9-5-8-13(7-4-2)15(14)18(11-12,16(19)20)17(21)22/h12-15H,3-11H2,1-2H3,(H,19,20)(H,21,22). The second-order valence-corrected chi connectivity index (χ2v) is 7.44. The minimum Gasteiger partial charge on any atom is -0.480 e. The summed E-state index contributed by atoms with van der Waals surface area (Å²) in [6.07, 6.45) is 8.39.